The molecule has 0 spiro atoms. The third-order valence-corrected chi connectivity index (χ3v) is 7.64. The summed E-state index contributed by atoms with van der Waals surface area (Å²) in [5.74, 6) is 0.412. The van der Waals surface area contributed by atoms with E-state index in [1.807, 2.05) is 19.1 Å². The van der Waals surface area contributed by atoms with Crippen LogP contribution in [0.25, 0.3) is 5.69 Å². The van der Waals surface area contributed by atoms with E-state index in [2.05, 4.69) is 20.6 Å². The van der Waals surface area contributed by atoms with Crippen molar-refractivity contribution < 1.29 is 8.42 Å². The zero-order valence-corrected chi connectivity index (χ0v) is 19.7. The average molecular weight is 493 g/mol. The summed E-state index contributed by atoms with van der Waals surface area (Å²) in [6.07, 6.45) is 5.73. The molecule has 0 amide bonds. The lowest BCUT2D eigenvalue weighted by Gasteiger charge is -2.25. The Morgan fingerprint density at radius 2 is 1.91 bits per heavy atom. The molecule has 4 rings (SSSR count). The van der Waals surface area contributed by atoms with Gasteiger partial charge in [0.1, 0.15) is 15.9 Å². The number of hydrogen-bond donors (Lipinski definition) is 1. The van der Waals surface area contributed by atoms with Crippen LogP contribution >= 0.6 is 23.2 Å². The lowest BCUT2D eigenvalue weighted by Crippen LogP contribution is -2.35. The Kier molecular flexibility index (Phi) is 6.80. The molecule has 32 heavy (non-hydrogen) atoms. The standard InChI is InChI=1S/C21H22Cl2N6O2S/c1-15-19(21(23)29(27-15)17-7-5-6-16(22)12-17)14-25-26-20-9-8-18(13-24-20)32(30,31)28-10-3-2-4-11-28/h5-9,12-14H,2-4,10-11H2,1H3,(H,24,26)/b25-14+. The minimum absolute atomic E-state index is 0.176. The maximum atomic E-state index is 12.7. The van der Waals surface area contributed by atoms with Crippen LogP contribution in [0.15, 0.2) is 52.6 Å². The Labute approximate surface area is 196 Å². The summed E-state index contributed by atoms with van der Waals surface area (Å²) in [4.78, 5) is 4.36. The molecular formula is C21H22Cl2N6O2S. The highest BCUT2D eigenvalue weighted by molar-refractivity contribution is 7.89. The highest BCUT2D eigenvalue weighted by Gasteiger charge is 2.26. The molecule has 1 N–H and O–H groups in total. The Bertz CT molecular complexity index is 1240. The van der Waals surface area contributed by atoms with Gasteiger partial charge in [0.25, 0.3) is 0 Å². The average Bonchev–Trinajstić information content (AvgIpc) is 3.08. The van der Waals surface area contributed by atoms with E-state index in [9.17, 15) is 8.42 Å². The molecule has 0 aliphatic carbocycles. The number of nitrogens with one attached hydrogen (secondary N) is 1. The lowest BCUT2D eigenvalue weighted by atomic mass is 10.2. The van der Waals surface area contributed by atoms with Crippen molar-refractivity contribution in [1.82, 2.24) is 19.1 Å². The summed E-state index contributed by atoms with van der Waals surface area (Å²) in [7, 11) is -3.51. The smallest absolute Gasteiger partial charge is 0.244 e. The molecule has 2 aromatic heterocycles. The molecule has 3 heterocycles. The minimum Gasteiger partial charge on any atom is -0.261 e. The molecule has 1 aliphatic rings. The Morgan fingerprint density at radius 1 is 1.12 bits per heavy atom. The molecule has 1 fully saturated rings. The molecule has 168 valence electrons. The van der Waals surface area contributed by atoms with Crippen LogP contribution in [0.2, 0.25) is 10.2 Å². The number of halogens is 2. The highest BCUT2D eigenvalue weighted by atomic mass is 35.5. The van der Waals surface area contributed by atoms with Gasteiger partial charge in [0.15, 0.2) is 0 Å². The molecule has 1 aliphatic heterocycles. The SMILES string of the molecule is Cc1nn(-c2cccc(Cl)c2)c(Cl)c1/C=N/Nc1ccc(S(=O)(=O)N2CCCCC2)cn1. The van der Waals surface area contributed by atoms with Gasteiger partial charge in [0, 0.05) is 24.3 Å². The van der Waals surface area contributed by atoms with Crippen LogP contribution in [0.3, 0.4) is 0 Å². The molecule has 0 atom stereocenters. The third kappa shape index (κ3) is 4.80. The predicted molar refractivity (Wildman–Crippen MR) is 126 cm³/mol. The van der Waals surface area contributed by atoms with Gasteiger partial charge < -0.3 is 0 Å². The fourth-order valence-electron chi connectivity index (χ4n) is 3.45. The summed E-state index contributed by atoms with van der Waals surface area (Å²) in [5, 5.41) is 9.61. The van der Waals surface area contributed by atoms with Crippen LogP contribution in [-0.4, -0.2) is 46.8 Å². The van der Waals surface area contributed by atoms with Crippen molar-refractivity contribution in [2.45, 2.75) is 31.1 Å². The van der Waals surface area contributed by atoms with Crippen molar-refractivity contribution in [2.75, 3.05) is 18.5 Å². The molecular weight excluding hydrogens is 471 g/mol. The van der Waals surface area contributed by atoms with Gasteiger partial charge in [-0.1, -0.05) is 35.7 Å². The highest BCUT2D eigenvalue weighted by Crippen LogP contribution is 2.24. The van der Waals surface area contributed by atoms with E-state index in [-0.39, 0.29) is 4.90 Å². The number of nitrogens with zero attached hydrogens (tertiary/aromatic N) is 5. The second-order valence-electron chi connectivity index (χ2n) is 7.40. The molecule has 0 saturated carbocycles. The Hall–Kier alpha value is -2.46. The number of rotatable bonds is 6. The number of anilines is 1. The Morgan fingerprint density at radius 3 is 2.59 bits per heavy atom. The molecule has 11 heteroatoms. The number of sulfonamides is 1. The van der Waals surface area contributed by atoms with Crippen molar-refractivity contribution >= 4 is 45.3 Å². The van der Waals surface area contributed by atoms with Crippen LogP contribution < -0.4 is 5.43 Å². The van der Waals surface area contributed by atoms with Crippen LogP contribution in [0.5, 0.6) is 0 Å². The van der Waals surface area contributed by atoms with Gasteiger partial charge in [-0.2, -0.15) is 14.5 Å². The van der Waals surface area contributed by atoms with E-state index in [0.717, 1.165) is 24.9 Å². The first-order valence-electron chi connectivity index (χ1n) is 10.1. The molecule has 1 saturated heterocycles. The number of pyridine rings is 1. The summed E-state index contributed by atoms with van der Waals surface area (Å²) >= 11 is 12.6. The summed E-state index contributed by atoms with van der Waals surface area (Å²) in [6, 6.07) is 10.3. The van der Waals surface area contributed by atoms with Crippen molar-refractivity contribution in [3.8, 4) is 5.69 Å². The summed E-state index contributed by atoms with van der Waals surface area (Å²) in [6.45, 7) is 2.93. The largest absolute Gasteiger partial charge is 0.261 e. The second-order valence-corrected chi connectivity index (χ2v) is 10.1. The van der Waals surface area contributed by atoms with Gasteiger partial charge >= 0.3 is 0 Å². The zero-order chi connectivity index (χ0) is 22.7. The van der Waals surface area contributed by atoms with E-state index in [1.165, 1.54) is 16.6 Å². The van der Waals surface area contributed by atoms with E-state index < -0.39 is 10.0 Å². The maximum Gasteiger partial charge on any atom is 0.244 e. The lowest BCUT2D eigenvalue weighted by molar-refractivity contribution is 0.346. The first kappa shape index (κ1) is 22.7. The van der Waals surface area contributed by atoms with Gasteiger partial charge in [-0.15, -0.1) is 0 Å². The number of piperidine rings is 1. The summed E-state index contributed by atoms with van der Waals surface area (Å²) in [5.41, 5.74) is 4.87. The van der Waals surface area contributed by atoms with Gasteiger partial charge in [-0.05, 0) is 50.1 Å². The summed E-state index contributed by atoms with van der Waals surface area (Å²) < 4.78 is 28.5. The quantitative estimate of drug-likeness (QED) is 0.403. The molecule has 1 aromatic carbocycles. The minimum atomic E-state index is -3.51. The van der Waals surface area contributed by atoms with Crippen molar-refractivity contribution in [3.05, 3.63) is 64.0 Å². The number of hydrazone groups is 1. The molecule has 0 bridgehead atoms. The van der Waals surface area contributed by atoms with Gasteiger partial charge in [-0.3, -0.25) is 5.43 Å². The molecule has 0 unspecified atom stereocenters. The van der Waals surface area contributed by atoms with Crippen molar-refractivity contribution in [3.63, 3.8) is 0 Å². The van der Waals surface area contributed by atoms with Crippen LogP contribution in [0, 0.1) is 6.92 Å². The van der Waals surface area contributed by atoms with Gasteiger partial charge in [-0.25, -0.2) is 18.1 Å². The normalized spacial score (nSPS) is 15.3. The monoisotopic (exact) mass is 492 g/mol. The molecule has 8 nitrogen and oxygen atoms in total. The second kappa shape index (κ2) is 9.58. The number of aromatic nitrogens is 3. The van der Waals surface area contributed by atoms with Crippen LogP contribution in [-0.2, 0) is 10.0 Å². The third-order valence-electron chi connectivity index (χ3n) is 5.16. The predicted octanol–water partition coefficient (Wildman–Crippen LogP) is 4.50. The van der Waals surface area contributed by atoms with E-state index in [0.29, 0.717) is 40.3 Å². The Balaban J connectivity index is 1.47. The first-order chi connectivity index (χ1) is 15.4. The number of benzene rings is 1. The number of aryl methyl sites for hydroxylation is 1. The fraction of sp³-hybridized carbons (Fsp3) is 0.286. The van der Waals surface area contributed by atoms with Crippen molar-refractivity contribution in [1.29, 1.82) is 0 Å². The van der Waals surface area contributed by atoms with Crippen LogP contribution in [0.1, 0.15) is 30.5 Å². The fourth-order valence-corrected chi connectivity index (χ4v) is 5.42. The van der Waals surface area contributed by atoms with E-state index >= 15 is 0 Å². The first-order valence-corrected chi connectivity index (χ1v) is 12.3. The molecule has 0 radical (unpaired) electrons. The topological polar surface area (TPSA) is 92.5 Å². The van der Waals surface area contributed by atoms with Crippen LogP contribution in [0.4, 0.5) is 5.82 Å². The zero-order valence-electron chi connectivity index (χ0n) is 17.4. The number of hydrogen-bond acceptors (Lipinski definition) is 6. The molecule has 3 aromatic rings. The van der Waals surface area contributed by atoms with Crippen molar-refractivity contribution in [2.24, 2.45) is 5.10 Å². The maximum absolute atomic E-state index is 12.7. The van der Waals surface area contributed by atoms with E-state index in [4.69, 9.17) is 23.2 Å². The van der Waals surface area contributed by atoms with Gasteiger partial charge in [0.05, 0.1) is 23.2 Å². The van der Waals surface area contributed by atoms with E-state index in [1.54, 1.807) is 29.1 Å². The van der Waals surface area contributed by atoms with Gasteiger partial charge in [0.2, 0.25) is 10.0 Å².